The highest BCUT2D eigenvalue weighted by molar-refractivity contribution is 7.89. The van der Waals surface area contributed by atoms with Crippen LogP contribution in [0.3, 0.4) is 0 Å². The lowest BCUT2D eigenvalue weighted by atomic mass is 9.91. The third-order valence-corrected chi connectivity index (χ3v) is 5.47. The number of carboxylic acid groups (broad SMARTS) is 1. The van der Waals surface area contributed by atoms with Gasteiger partial charge in [-0.05, 0) is 37.6 Å². The van der Waals surface area contributed by atoms with Crippen molar-refractivity contribution in [1.82, 2.24) is 9.62 Å². The van der Waals surface area contributed by atoms with E-state index in [4.69, 9.17) is 5.11 Å². The number of urea groups is 1. The predicted molar refractivity (Wildman–Crippen MR) is 88.1 cm³/mol. The van der Waals surface area contributed by atoms with Gasteiger partial charge in [-0.15, -0.1) is 0 Å². The Morgan fingerprint density at radius 2 is 2.00 bits per heavy atom. The fraction of sp³-hybridized carbons (Fsp3) is 0.467. The molecule has 2 amide bonds. The summed E-state index contributed by atoms with van der Waals surface area (Å²) in [7, 11) is -2.85. The zero-order valence-electron chi connectivity index (χ0n) is 13.8. The molecule has 1 fully saturated rings. The number of nitrogens with zero attached hydrogens (tertiary/aromatic N) is 1. The lowest BCUT2D eigenvalue weighted by Gasteiger charge is -2.34. The summed E-state index contributed by atoms with van der Waals surface area (Å²) < 4.78 is 39.3. The van der Waals surface area contributed by atoms with Crippen LogP contribution in [0.2, 0.25) is 0 Å². The molecule has 1 aromatic carbocycles. The van der Waals surface area contributed by atoms with E-state index in [1.54, 1.807) is 0 Å². The number of piperidine rings is 1. The molecule has 2 rings (SSSR count). The van der Waals surface area contributed by atoms with E-state index in [2.05, 4.69) is 5.32 Å². The molecule has 1 aliphatic heterocycles. The molecular weight excluding hydrogens is 353 g/mol. The van der Waals surface area contributed by atoms with Crippen LogP contribution in [0, 0.1) is 17.7 Å². The highest BCUT2D eigenvalue weighted by Gasteiger charge is 2.32. The molecule has 2 unspecified atom stereocenters. The van der Waals surface area contributed by atoms with Crippen LogP contribution in [0.25, 0.3) is 0 Å². The van der Waals surface area contributed by atoms with Gasteiger partial charge in [0.15, 0.2) is 0 Å². The lowest BCUT2D eigenvalue weighted by molar-refractivity contribution is -0.143. The van der Waals surface area contributed by atoms with Gasteiger partial charge in [0, 0.05) is 18.8 Å². The first-order chi connectivity index (χ1) is 11.6. The minimum absolute atomic E-state index is 0.0223. The quantitative estimate of drug-likeness (QED) is 0.736. The maximum Gasteiger partial charge on any atom is 0.321 e. The van der Waals surface area contributed by atoms with Gasteiger partial charge in [0.2, 0.25) is 10.0 Å². The van der Waals surface area contributed by atoms with Gasteiger partial charge >= 0.3 is 12.0 Å². The number of aliphatic carboxylic acids is 1. The second-order valence-electron chi connectivity index (χ2n) is 6.06. The van der Waals surface area contributed by atoms with Gasteiger partial charge in [-0.1, -0.05) is 6.92 Å². The molecule has 0 spiro atoms. The Kier molecular flexibility index (Phi) is 5.63. The molecule has 0 aliphatic carbocycles. The van der Waals surface area contributed by atoms with Gasteiger partial charge < -0.3 is 15.3 Å². The minimum atomic E-state index is -4.01. The van der Waals surface area contributed by atoms with E-state index in [0.29, 0.717) is 13.0 Å². The Morgan fingerprint density at radius 1 is 1.32 bits per heavy atom. The molecule has 25 heavy (non-hydrogen) atoms. The fourth-order valence-electron chi connectivity index (χ4n) is 2.80. The summed E-state index contributed by atoms with van der Waals surface area (Å²) in [6.45, 7) is 2.30. The Morgan fingerprint density at radius 3 is 2.60 bits per heavy atom. The number of carbonyl (C=O) groups is 2. The van der Waals surface area contributed by atoms with E-state index in [-0.39, 0.29) is 18.2 Å². The van der Waals surface area contributed by atoms with Gasteiger partial charge in [0.1, 0.15) is 10.7 Å². The third kappa shape index (κ3) is 4.45. The Labute approximate surface area is 145 Å². The summed E-state index contributed by atoms with van der Waals surface area (Å²) >= 11 is 0. The van der Waals surface area contributed by atoms with Gasteiger partial charge in [0.05, 0.1) is 5.92 Å². The molecule has 0 saturated carbocycles. The average molecular weight is 373 g/mol. The molecule has 0 radical (unpaired) electrons. The van der Waals surface area contributed by atoms with Gasteiger partial charge in [-0.3, -0.25) is 4.79 Å². The highest BCUT2D eigenvalue weighted by Crippen LogP contribution is 2.24. The maximum absolute atomic E-state index is 13.7. The van der Waals surface area contributed by atoms with E-state index >= 15 is 0 Å². The van der Waals surface area contributed by atoms with Crippen molar-refractivity contribution in [2.24, 2.45) is 11.8 Å². The number of hydrogen-bond acceptors (Lipinski definition) is 4. The molecule has 8 nitrogen and oxygen atoms in total. The molecule has 0 aromatic heterocycles. The Hall–Kier alpha value is -2.20. The normalized spacial score (nSPS) is 21.0. The first-order valence-electron chi connectivity index (χ1n) is 7.66. The SMILES string of the molecule is CNS(=O)(=O)c1cc(NC(=O)N2CC(C)CC(C(=O)O)C2)ccc1F. The monoisotopic (exact) mass is 373 g/mol. The zero-order chi connectivity index (χ0) is 18.8. The molecule has 1 saturated heterocycles. The van der Waals surface area contributed by atoms with Crippen molar-refractivity contribution in [1.29, 1.82) is 0 Å². The molecule has 0 bridgehead atoms. The van der Waals surface area contributed by atoms with Crippen LogP contribution in [0.1, 0.15) is 13.3 Å². The highest BCUT2D eigenvalue weighted by atomic mass is 32.2. The molecule has 1 aliphatic rings. The molecule has 2 atom stereocenters. The lowest BCUT2D eigenvalue weighted by Crippen LogP contribution is -2.47. The number of carboxylic acids is 1. The number of halogens is 1. The van der Waals surface area contributed by atoms with Crippen molar-refractivity contribution in [2.75, 3.05) is 25.5 Å². The summed E-state index contributed by atoms with van der Waals surface area (Å²) in [6.07, 6.45) is 0.486. The Balaban J connectivity index is 2.18. The van der Waals surface area contributed by atoms with E-state index in [9.17, 15) is 22.4 Å². The topological polar surface area (TPSA) is 116 Å². The van der Waals surface area contributed by atoms with Crippen molar-refractivity contribution >= 4 is 27.7 Å². The van der Waals surface area contributed by atoms with Crippen molar-refractivity contribution < 1.29 is 27.5 Å². The predicted octanol–water partition coefficient (Wildman–Crippen LogP) is 1.31. The van der Waals surface area contributed by atoms with Gasteiger partial charge in [0.25, 0.3) is 0 Å². The standard InChI is InChI=1S/C15H20FN3O5S/c1-9-5-10(14(20)21)8-19(7-9)15(22)18-11-3-4-12(16)13(6-11)25(23,24)17-2/h3-4,6,9-10,17H,5,7-8H2,1-2H3,(H,18,22)(H,20,21). The minimum Gasteiger partial charge on any atom is -0.481 e. The number of anilines is 1. The van der Waals surface area contributed by atoms with Gasteiger partial charge in [-0.2, -0.15) is 0 Å². The fourth-order valence-corrected chi connectivity index (χ4v) is 3.62. The van der Waals surface area contributed by atoms with Crippen LogP contribution >= 0.6 is 0 Å². The van der Waals surface area contributed by atoms with Gasteiger partial charge in [-0.25, -0.2) is 22.3 Å². The van der Waals surface area contributed by atoms with Crippen LogP contribution in [-0.4, -0.2) is 50.6 Å². The number of rotatable bonds is 4. The van der Waals surface area contributed by atoms with E-state index in [1.165, 1.54) is 11.0 Å². The summed E-state index contributed by atoms with van der Waals surface area (Å²) in [4.78, 5) is 24.3. The largest absolute Gasteiger partial charge is 0.481 e. The number of likely N-dealkylation sites (tertiary alicyclic amines) is 1. The maximum atomic E-state index is 13.7. The van der Waals surface area contributed by atoms with Crippen molar-refractivity contribution in [3.63, 3.8) is 0 Å². The van der Waals surface area contributed by atoms with Crippen LogP contribution in [0.15, 0.2) is 23.1 Å². The number of carbonyl (C=O) groups excluding carboxylic acids is 1. The summed E-state index contributed by atoms with van der Waals surface area (Å²) in [5, 5.41) is 11.6. The second kappa shape index (κ2) is 7.36. The number of amides is 2. The number of sulfonamides is 1. The number of benzene rings is 1. The average Bonchev–Trinajstić information content (AvgIpc) is 2.55. The smallest absolute Gasteiger partial charge is 0.321 e. The van der Waals surface area contributed by atoms with Crippen LogP contribution in [-0.2, 0) is 14.8 Å². The molecule has 3 N–H and O–H groups in total. The van der Waals surface area contributed by atoms with Crippen molar-refractivity contribution in [2.45, 2.75) is 18.2 Å². The zero-order valence-corrected chi connectivity index (χ0v) is 14.6. The Bertz CT molecular complexity index is 783. The summed E-state index contributed by atoms with van der Waals surface area (Å²) in [5.74, 6) is -2.53. The first-order valence-corrected chi connectivity index (χ1v) is 9.14. The van der Waals surface area contributed by atoms with Crippen LogP contribution in [0.5, 0.6) is 0 Å². The molecule has 138 valence electrons. The van der Waals surface area contributed by atoms with E-state index in [0.717, 1.165) is 19.2 Å². The number of hydrogen-bond donors (Lipinski definition) is 3. The van der Waals surface area contributed by atoms with Crippen molar-refractivity contribution in [3.8, 4) is 0 Å². The third-order valence-electron chi connectivity index (χ3n) is 4.04. The van der Waals surface area contributed by atoms with Crippen LogP contribution in [0.4, 0.5) is 14.9 Å². The van der Waals surface area contributed by atoms with E-state index in [1.807, 2.05) is 11.6 Å². The summed E-state index contributed by atoms with van der Waals surface area (Å²) in [5.41, 5.74) is 0.102. The molecular formula is C15H20FN3O5S. The first kappa shape index (κ1) is 19.1. The van der Waals surface area contributed by atoms with E-state index < -0.39 is 38.7 Å². The molecule has 1 heterocycles. The van der Waals surface area contributed by atoms with Crippen molar-refractivity contribution in [3.05, 3.63) is 24.0 Å². The second-order valence-corrected chi connectivity index (χ2v) is 7.92. The number of nitrogens with one attached hydrogen (secondary N) is 2. The molecule has 10 heteroatoms. The molecule has 1 aromatic rings. The van der Waals surface area contributed by atoms with Crippen LogP contribution < -0.4 is 10.0 Å². The summed E-state index contributed by atoms with van der Waals surface area (Å²) in [6, 6.07) is 2.64.